The Labute approximate surface area is 232 Å². The van der Waals surface area contributed by atoms with Crippen molar-refractivity contribution in [2.75, 3.05) is 39.7 Å². The summed E-state index contributed by atoms with van der Waals surface area (Å²) in [7, 11) is 3.23. The third kappa shape index (κ3) is 4.40. The molecule has 3 aromatic rings. The standard InChI is InChI=1S/C27H29ClN4O6S/c1-17(25(33)30(2)3)31(4)27(21-8-7-15-29-24(21)38-6)22-16-18(28)9-14-23(22)32(26(27)34)39(35,36)20-12-10-19(37-5)11-13-20/h7-17H,1-6H3/t17-,27?/m0/s1. The Morgan fingerprint density at radius 2 is 1.69 bits per heavy atom. The van der Waals surface area contributed by atoms with Crippen LogP contribution in [-0.4, -0.2) is 76.4 Å². The molecule has 0 N–H and O–H groups in total. The third-order valence-electron chi connectivity index (χ3n) is 6.92. The number of amides is 2. The summed E-state index contributed by atoms with van der Waals surface area (Å²) in [6.07, 6.45) is 1.49. The molecule has 2 amide bonds. The maximum Gasteiger partial charge on any atom is 0.271 e. The van der Waals surface area contributed by atoms with Gasteiger partial charge in [0.25, 0.3) is 15.9 Å². The quantitative estimate of drug-likeness (QED) is 0.405. The number of hydrogen-bond acceptors (Lipinski definition) is 8. The van der Waals surface area contributed by atoms with Gasteiger partial charge in [0.15, 0.2) is 5.54 Å². The molecule has 1 aliphatic rings. The summed E-state index contributed by atoms with van der Waals surface area (Å²) in [6.45, 7) is 1.64. The molecule has 0 radical (unpaired) electrons. The van der Waals surface area contributed by atoms with Crippen molar-refractivity contribution in [1.82, 2.24) is 14.8 Å². The van der Waals surface area contributed by atoms with Gasteiger partial charge in [-0.05, 0) is 68.6 Å². The zero-order valence-electron chi connectivity index (χ0n) is 22.4. The lowest BCUT2D eigenvalue weighted by molar-refractivity contribution is -0.138. The number of halogens is 1. The van der Waals surface area contributed by atoms with Crippen LogP contribution < -0.4 is 13.8 Å². The summed E-state index contributed by atoms with van der Waals surface area (Å²) in [5.41, 5.74) is -1.22. The first-order valence-electron chi connectivity index (χ1n) is 11.9. The number of aromatic nitrogens is 1. The van der Waals surface area contributed by atoms with Gasteiger partial charge in [0.2, 0.25) is 11.8 Å². The Hall–Kier alpha value is -3.67. The maximum absolute atomic E-state index is 14.8. The van der Waals surface area contributed by atoms with Crippen LogP contribution in [0.4, 0.5) is 5.69 Å². The van der Waals surface area contributed by atoms with E-state index in [9.17, 15) is 18.0 Å². The fraction of sp³-hybridized carbons (Fsp3) is 0.296. The molecule has 206 valence electrons. The van der Waals surface area contributed by atoms with Crippen molar-refractivity contribution in [3.05, 3.63) is 76.9 Å². The second-order valence-electron chi connectivity index (χ2n) is 9.20. The van der Waals surface area contributed by atoms with Gasteiger partial charge in [-0.25, -0.2) is 17.7 Å². The van der Waals surface area contributed by atoms with E-state index in [0.717, 1.165) is 4.31 Å². The molecule has 0 saturated heterocycles. The number of methoxy groups -OCH3 is 2. The smallest absolute Gasteiger partial charge is 0.271 e. The topological polar surface area (TPSA) is 109 Å². The van der Waals surface area contributed by atoms with Crippen LogP contribution in [0.15, 0.2) is 65.7 Å². The van der Waals surface area contributed by atoms with Crippen LogP contribution in [0.1, 0.15) is 18.1 Å². The van der Waals surface area contributed by atoms with Crippen LogP contribution >= 0.6 is 11.6 Å². The molecule has 39 heavy (non-hydrogen) atoms. The van der Waals surface area contributed by atoms with Gasteiger partial charge in [-0.2, -0.15) is 0 Å². The van der Waals surface area contributed by atoms with Crippen molar-refractivity contribution in [2.24, 2.45) is 0 Å². The largest absolute Gasteiger partial charge is 0.497 e. The van der Waals surface area contributed by atoms with E-state index in [4.69, 9.17) is 21.1 Å². The maximum atomic E-state index is 14.8. The predicted molar refractivity (Wildman–Crippen MR) is 147 cm³/mol. The first-order chi connectivity index (χ1) is 18.4. The molecule has 1 aromatic heterocycles. The summed E-state index contributed by atoms with van der Waals surface area (Å²) in [5, 5.41) is 0.275. The van der Waals surface area contributed by atoms with Crippen molar-refractivity contribution in [2.45, 2.75) is 23.4 Å². The van der Waals surface area contributed by atoms with Crippen LogP contribution in [0.5, 0.6) is 11.6 Å². The Morgan fingerprint density at radius 1 is 1.03 bits per heavy atom. The van der Waals surface area contributed by atoms with Gasteiger partial charge in [-0.3, -0.25) is 14.5 Å². The van der Waals surface area contributed by atoms with Crippen molar-refractivity contribution in [3.8, 4) is 11.6 Å². The van der Waals surface area contributed by atoms with Gasteiger partial charge < -0.3 is 14.4 Å². The first-order valence-corrected chi connectivity index (χ1v) is 13.7. The molecule has 2 atom stereocenters. The van der Waals surface area contributed by atoms with Crippen LogP contribution in [0.25, 0.3) is 0 Å². The summed E-state index contributed by atoms with van der Waals surface area (Å²) in [6, 6.07) is 12.6. The van der Waals surface area contributed by atoms with Crippen LogP contribution in [0.3, 0.4) is 0 Å². The number of nitrogens with zero attached hydrogens (tertiary/aromatic N) is 4. The van der Waals surface area contributed by atoms with E-state index in [1.807, 2.05) is 0 Å². The molecule has 12 heteroatoms. The molecule has 0 bridgehead atoms. The van der Waals surface area contributed by atoms with Gasteiger partial charge >= 0.3 is 0 Å². The van der Waals surface area contributed by atoms with Gasteiger partial charge in [-0.1, -0.05) is 11.6 Å². The number of anilines is 1. The van der Waals surface area contributed by atoms with Gasteiger partial charge in [0, 0.05) is 36.4 Å². The van der Waals surface area contributed by atoms with E-state index >= 15 is 0 Å². The highest BCUT2D eigenvalue weighted by Crippen LogP contribution is 2.52. The third-order valence-corrected chi connectivity index (χ3v) is 8.87. The second-order valence-corrected chi connectivity index (χ2v) is 11.4. The number of likely N-dealkylation sites (N-methyl/N-ethyl adjacent to an activating group) is 2. The first kappa shape index (κ1) is 28.3. The molecule has 1 unspecified atom stereocenters. The normalized spacial score (nSPS) is 17.6. The fourth-order valence-electron chi connectivity index (χ4n) is 4.89. The van der Waals surface area contributed by atoms with Crippen LogP contribution in [0.2, 0.25) is 5.02 Å². The van der Waals surface area contributed by atoms with E-state index in [2.05, 4.69) is 4.98 Å². The minimum atomic E-state index is -4.43. The molecule has 4 rings (SSSR count). The monoisotopic (exact) mass is 572 g/mol. The van der Waals surface area contributed by atoms with E-state index in [0.29, 0.717) is 5.75 Å². The Morgan fingerprint density at radius 3 is 2.28 bits per heavy atom. The van der Waals surface area contributed by atoms with Gasteiger partial charge in [0.1, 0.15) is 5.75 Å². The number of ether oxygens (including phenoxy) is 2. The van der Waals surface area contributed by atoms with E-state index in [-0.39, 0.29) is 38.5 Å². The molecule has 2 aromatic carbocycles. The Balaban J connectivity index is 2.07. The number of benzene rings is 2. The number of sulfonamides is 1. The van der Waals surface area contributed by atoms with Crippen LogP contribution in [0, 0.1) is 0 Å². The predicted octanol–water partition coefficient (Wildman–Crippen LogP) is 3.14. The Bertz CT molecular complexity index is 1530. The summed E-state index contributed by atoms with van der Waals surface area (Å²) in [4.78, 5) is 35.1. The highest BCUT2D eigenvalue weighted by Gasteiger charge is 2.61. The Kier molecular flexibility index (Phi) is 7.61. The molecule has 0 aliphatic carbocycles. The summed E-state index contributed by atoms with van der Waals surface area (Å²) >= 11 is 6.44. The summed E-state index contributed by atoms with van der Waals surface area (Å²) in [5.74, 6) is -0.578. The van der Waals surface area contributed by atoms with Crippen molar-refractivity contribution >= 4 is 39.1 Å². The number of fused-ring (bicyclic) bond motifs is 1. The van der Waals surface area contributed by atoms with E-state index in [1.54, 1.807) is 40.2 Å². The van der Waals surface area contributed by atoms with Crippen molar-refractivity contribution < 1.29 is 27.5 Å². The van der Waals surface area contributed by atoms with Gasteiger partial charge in [-0.15, -0.1) is 0 Å². The van der Waals surface area contributed by atoms with Crippen molar-refractivity contribution in [1.29, 1.82) is 0 Å². The molecule has 0 fully saturated rings. The molecule has 1 aliphatic heterocycles. The minimum absolute atomic E-state index is 0.0943. The molecule has 10 nitrogen and oxygen atoms in total. The zero-order chi connectivity index (χ0) is 28.7. The van der Waals surface area contributed by atoms with Gasteiger partial charge in [0.05, 0.1) is 30.8 Å². The molecule has 0 saturated carbocycles. The fourth-order valence-corrected chi connectivity index (χ4v) is 6.52. The molecular weight excluding hydrogens is 544 g/mol. The second kappa shape index (κ2) is 10.5. The van der Waals surface area contributed by atoms with Crippen LogP contribution in [-0.2, 0) is 25.2 Å². The average Bonchev–Trinajstić information content (AvgIpc) is 3.19. The number of carbonyl (C=O) groups excluding carboxylic acids is 2. The number of carbonyl (C=O) groups is 2. The highest BCUT2D eigenvalue weighted by atomic mass is 35.5. The summed E-state index contributed by atoms with van der Waals surface area (Å²) < 4.78 is 39.6. The molecule has 2 heterocycles. The lowest BCUT2D eigenvalue weighted by Gasteiger charge is -2.41. The number of rotatable bonds is 8. The van der Waals surface area contributed by atoms with E-state index < -0.39 is 27.5 Å². The van der Waals surface area contributed by atoms with E-state index in [1.165, 1.54) is 72.7 Å². The number of pyridine rings is 1. The highest BCUT2D eigenvalue weighted by molar-refractivity contribution is 7.93. The lowest BCUT2D eigenvalue weighted by Crippen LogP contribution is -2.59. The number of hydrogen-bond donors (Lipinski definition) is 0. The lowest BCUT2D eigenvalue weighted by atomic mass is 9.81. The SMILES string of the molecule is COc1ccc(S(=O)(=O)N2C(=O)C(c3cccnc3OC)(N(C)[C@@H](C)C(=O)N(C)C)c3cc(Cl)ccc32)cc1. The minimum Gasteiger partial charge on any atom is -0.497 e. The molecule has 0 spiro atoms. The van der Waals surface area contributed by atoms with Crippen molar-refractivity contribution in [3.63, 3.8) is 0 Å². The molecular formula is C27H29ClN4O6S. The average molecular weight is 573 g/mol. The zero-order valence-corrected chi connectivity index (χ0v) is 23.9.